The Bertz CT molecular complexity index is 1490. The summed E-state index contributed by atoms with van der Waals surface area (Å²) in [6, 6.07) is 13.4. The van der Waals surface area contributed by atoms with E-state index < -0.39 is 0 Å². The van der Waals surface area contributed by atoms with Crippen molar-refractivity contribution >= 4 is 0 Å². The summed E-state index contributed by atoms with van der Waals surface area (Å²) in [5.41, 5.74) is 2.64. The van der Waals surface area contributed by atoms with Crippen LogP contribution in [0.25, 0.3) is 0 Å². The molecule has 4 fully saturated rings. The molecular formula is C54H94N8O4. The number of hydrogen-bond donors (Lipinski definition) is 0. The Morgan fingerprint density at radius 3 is 0.879 bits per heavy atom. The van der Waals surface area contributed by atoms with Crippen molar-refractivity contribution in [2.24, 2.45) is 11.8 Å². The third-order valence-electron chi connectivity index (χ3n) is 15.0. The summed E-state index contributed by atoms with van der Waals surface area (Å²) in [4.78, 5) is 20.1. The van der Waals surface area contributed by atoms with Gasteiger partial charge in [0.15, 0.2) is 23.0 Å². The van der Waals surface area contributed by atoms with Crippen molar-refractivity contribution in [3.05, 3.63) is 47.5 Å². The molecule has 2 atom stereocenters. The van der Waals surface area contributed by atoms with Gasteiger partial charge in [-0.15, -0.1) is 0 Å². The van der Waals surface area contributed by atoms with Crippen LogP contribution in [0.3, 0.4) is 0 Å². The molecule has 6 rings (SSSR count). The molecule has 0 bridgehead atoms. The Balaban J connectivity index is 1.00. The van der Waals surface area contributed by atoms with Gasteiger partial charge in [0, 0.05) is 105 Å². The molecule has 12 nitrogen and oxygen atoms in total. The normalized spacial score (nSPS) is 20.4. The average Bonchev–Trinajstić information content (AvgIpc) is 3.32. The van der Waals surface area contributed by atoms with Crippen LogP contribution in [-0.4, -0.2) is 225 Å². The van der Waals surface area contributed by atoms with E-state index in [9.17, 15) is 0 Å². The van der Waals surface area contributed by atoms with Crippen molar-refractivity contribution in [3.8, 4) is 23.0 Å². The van der Waals surface area contributed by atoms with Crippen molar-refractivity contribution in [3.63, 3.8) is 0 Å². The zero-order chi connectivity index (χ0) is 46.4. The minimum atomic E-state index is 0.484. The summed E-state index contributed by atoms with van der Waals surface area (Å²) in [5.74, 6) is 4.57. The lowest BCUT2D eigenvalue weighted by Gasteiger charge is -2.32. The van der Waals surface area contributed by atoms with E-state index in [4.69, 9.17) is 18.9 Å². The highest BCUT2D eigenvalue weighted by Crippen LogP contribution is 2.33. The largest absolute Gasteiger partial charge is 0.490 e. The molecule has 2 aromatic carbocycles. The summed E-state index contributed by atoms with van der Waals surface area (Å²) < 4.78 is 26.0. The van der Waals surface area contributed by atoms with E-state index in [1.165, 1.54) is 116 Å². The number of ether oxygens (including phenoxy) is 4. The Labute approximate surface area is 402 Å². The predicted octanol–water partition coefficient (Wildman–Crippen LogP) is 6.37. The maximum absolute atomic E-state index is 6.57. The lowest BCUT2D eigenvalue weighted by molar-refractivity contribution is 0.148. The van der Waals surface area contributed by atoms with Crippen LogP contribution in [-0.2, 0) is 12.8 Å². The minimum Gasteiger partial charge on any atom is -0.490 e. The van der Waals surface area contributed by atoms with E-state index in [1.807, 2.05) is 0 Å². The van der Waals surface area contributed by atoms with Crippen LogP contribution in [0.15, 0.2) is 36.4 Å². The van der Waals surface area contributed by atoms with Crippen molar-refractivity contribution in [2.45, 2.75) is 78.1 Å². The second kappa shape index (κ2) is 29.4. The first kappa shape index (κ1) is 52.7. The van der Waals surface area contributed by atoms with Gasteiger partial charge in [-0.25, -0.2) is 0 Å². The van der Waals surface area contributed by atoms with Gasteiger partial charge in [-0.3, -0.25) is 0 Å². The highest BCUT2D eigenvalue weighted by molar-refractivity contribution is 5.44. The van der Waals surface area contributed by atoms with E-state index in [2.05, 4.69) is 118 Å². The molecule has 66 heavy (non-hydrogen) atoms. The molecule has 374 valence electrons. The number of piperazine rings is 4. The van der Waals surface area contributed by atoms with E-state index in [1.54, 1.807) is 0 Å². The number of unbranched alkanes of at least 4 members (excludes halogenated alkanes) is 4. The topological polar surface area (TPSA) is 62.8 Å². The van der Waals surface area contributed by atoms with E-state index in [-0.39, 0.29) is 0 Å². The zero-order valence-corrected chi connectivity index (χ0v) is 42.9. The molecule has 4 aliphatic heterocycles. The number of likely N-dealkylation sites (N-methyl/N-ethyl adjacent to an activating group) is 4. The Morgan fingerprint density at radius 1 is 0.348 bits per heavy atom. The van der Waals surface area contributed by atoms with Gasteiger partial charge in [0.1, 0.15) is 0 Å². The molecule has 0 N–H and O–H groups in total. The molecule has 12 heteroatoms. The molecule has 0 aliphatic carbocycles. The molecule has 0 spiro atoms. The first-order valence-electron chi connectivity index (χ1n) is 26.6. The molecule has 2 aromatic rings. The SMILES string of the molecule is C[C@H](Cc1ccc(OCCCCN2CCN(C)CC2)c(OCCCCN2CCN(C)CC2)c1)[C@@H](C)Cc1ccc(OCCCCN2CCN(C)CC2)c(OCCCCN2CCN(C)CC2)c1. The van der Waals surface area contributed by atoms with E-state index in [0.717, 1.165) is 140 Å². The molecular weight excluding hydrogens is 825 g/mol. The Morgan fingerprint density at radius 2 is 0.606 bits per heavy atom. The zero-order valence-electron chi connectivity index (χ0n) is 42.9. The van der Waals surface area contributed by atoms with Gasteiger partial charge in [-0.05, 0) is 166 Å². The smallest absolute Gasteiger partial charge is 0.161 e. The van der Waals surface area contributed by atoms with Gasteiger partial charge in [0.2, 0.25) is 0 Å². The van der Waals surface area contributed by atoms with Crippen molar-refractivity contribution < 1.29 is 18.9 Å². The first-order valence-corrected chi connectivity index (χ1v) is 26.6. The second-order valence-electron chi connectivity index (χ2n) is 20.7. The molecule has 0 unspecified atom stereocenters. The molecule has 4 heterocycles. The monoisotopic (exact) mass is 919 g/mol. The van der Waals surface area contributed by atoms with Gasteiger partial charge in [0.25, 0.3) is 0 Å². The maximum Gasteiger partial charge on any atom is 0.161 e. The van der Waals surface area contributed by atoms with Crippen molar-refractivity contribution in [1.29, 1.82) is 0 Å². The third kappa shape index (κ3) is 19.4. The van der Waals surface area contributed by atoms with Crippen LogP contribution >= 0.6 is 0 Å². The molecule has 0 amide bonds. The minimum absolute atomic E-state index is 0.484. The van der Waals surface area contributed by atoms with Crippen LogP contribution in [0.5, 0.6) is 23.0 Å². The fourth-order valence-corrected chi connectivity index (χ4v) is 9.73. The van der Waals surface area contributed by atoms with Gasteiger partial charge < -0.3 is 58.1 Å². The summed E-state index contributed by atoms with van der Waals surface area (Å²) in [6.07, 6.45) is 10.9. The van der Waals surface area contributed by atoms with Crippen LogP contribution in [0.2, 0.25) is 0 Å². The molecule has 0 aromatic heterocycles. The number of hydrogen-bond acceptors (Lipinski definition) is 12. The molecule has 0 radical (unpaired) electrons. The van der Waals surface area contributed by atoms with Gasteiger partial charge >= 0.3 is 0 Å². The van der Waals surface area contributed by atoms with Gasteiger partial charge in [-0.1, -0.05) is 26.0 Å². The third-order valence-corrected chi connectivity index (χ3v) is 15.0. The fourth-order valence-electron chi connectivity index (χ4n) is 9.73. The lowest BCUT2D eigenvalue weighted by atomic mass is 9.85. The Hall–Kier alpha value is -2.68. The number of rotatable bonds is 29. The summed E-state index contributed by atoms with van der Waals surface area (Å²) in [7, 11) is 8.90. The van der Waals surface area contributed by atoms with Gasteiger partial charge in [0.05, 0.1) is 26.4 Å². The van der Waals surface area contributed by atoms with E-state index in [0.29, 0.717) is 11.8 Å². The highest BCUT2D eigenvalue weighted by Gasteiger charge is 2.20. The summed E-state index contributed by atoms with van der Waals surface area (Å²) in [5, 5.41) is 0. The predicted molar refractivity (Wildman–Crippen MR) is 273 cm³/mol. The highest BCUT2D eigenvalue weighted by atomic mass is 16.5. The Kier molecular flexibility index (Phi) is 23.4. The summed E-state index contributed by atoms with van der Waals surface area (Å²) in [6.45, 7) is 31.1. The lowest BCUT2D eigenvalue weighted by Crippen LogP contribution is -2.44. The van der Waals surface area contributed by atoms with Crippen LogP contribution in [0.1, 0.15) is 76.3 Å². The van der Waals surface area contributed by atoms with Crippen LogP contribution in [0.4, 0.5) is 0 Å². The molecule has 4 aliphatic rings. The quantitative estimate of drug-likeness (QED) is 0.0854. The van der Waals surface area contributed by atoms with Crippen molar-refractivity contribution in [1.82, 2.24) is 39.2 Å². The standard InChI is InChI=1S/C54H94N8O4/c1-47(43-49-15-17-51(63-39-11-7-19-59-31-23-55(3)24-32-59)53(45-49)65-41-13-9-21-61-35-27-57(5)28-36-61)48(2)44-50-16-18-52(64-40-12-8-20-60-33-25-56(4)26-34-60)54(46-50)66-42-14-10-22-62-37-29-58(6)30-38-62/h15-18,45-48H,7-14,19-44H2,1-6H3/t47-,48+. The summed E-state index contributed by atoms with van der Waals surface area (Å²) >= 11 is 0. The fraction of sp³-hybridized carbons (Fsp3) is 0.778. The second-order valence-corrected chi connectivity index (χ2v) is 20.7. The first-order chi connectivity index (χ1) is 32.2. The molecule has 4 saturated heterocycles. The van der Waals surface area contributed by atoms with E-state index >= 15 is 0 Å². The number of benzene rings is 2. The molecule has 0 saturated carbocycles. The van der Waals surface area contributed by atoms with Gasteiger partial charge in [-0.2, -0.15) is 0 Å². The average molecular weight is 919 g/mol. The number of nitrogens with zero attached hydrogens (tertiary/aromatic N) is 8. The van der Waals surface area contributed by atoms with Crippen LogP contribution in [0, 0.1) is 11.8 Å². The van der Waals surface area contributed by atoms with Crippen LogP contribution < -0.4 is 18.9 Å². The van der Waals surface area contributed by atoms with Crippen molar-refractivity contribution in [2.75, 3.05) is 186 Å². The maximum atomic E-state index is 6.57.